The first-order valence-electron chi connectivity index (χ1n) is 11.5. The monoisotopic (exact) mass is 495 g/mol. The number of carboxylic acid groups (broad SMARTS) is 1. The minimum Gasteiger partial charge on any atom is -0.481 e. The van der Waals surface area contributed by atoms with Gasteiger partial charge < -0.3 is 19.5 Å². The summed E-state index contributed by atoms with van der Waals surface area (Å²) < 4.78 is 5.31. The van der Waals surface area contributed by atoms with Crippen molar-refractivity contribution in [3.05, 3.63) is 103 Å². The number of nitrogens with one attached hydrogen (secondary N) is 2. The molecule has 0 unspecified atom stereocenters. The number of carboxylic acids is 1. The van der Waals surface area contributed by atoms with Gasteiger partial charge in [-0.25, -0.2) is 9.97 Å². The predicted molar refractivity (Wildman–Crippen MR) is 145 cm³/mol. The van der Waals surface area contributed by atoms with Crippen LogP contribution in [-0.2, 0) is 11.2 Å². The van der Waals surface area contributed by atoms with Crippen LogP contribution < -0.4 is 10.0 Å². The molecule has 7 nitrogen and oxygen atoms in total. The second kappa shape index (κ2) is 10.5. The van der Waals surface area contributed by atoms with Gasteiger partial charge >= 0.3 is 5.97 Å². The van der Waals surface area contributed by atoms with Crippen molar-refractivity contribution in [2.75, 3.05) is 10.0 Å². The number of rotatable bonds is 9. The maximum atomic E-state index is 10.8. The molecule has 36 heavy (non-hydrogen) atoms. The van der Waals surface area contributed by atoms with Crippen LogP contribution in [0.4, 0.5) is 17.2 Å². The molecule has 0 fully saturated rings. The Morgan fingerprint density at radius 3 is 2.42 bits per heavy atom. The maximum Gasteiger partial charge on any atom is 0.303 e. The molecule has 0 aliphatic heterocycles. The number of hydrogen-bond donors (Lipinski definition) is 3. The van der Waals surface area contributed by atoms with Crippen molar-refractivity contribution in [3.8, 4) is 11.3 Å². The molecule has 0 atom stereocenters. The van der Waals surface area contributed by atoms with E-state index in [9.17, 15) is 4.79 Å². The lowest BCUT2D eigenvalue weighted by atomic mass is 10.1. The molecule has 0 bridgehead atoms. The molecular weight excluding hydrogens is 470 g/mol. The zero-order chi connectivity index (χ0) is 24.9. The topological polar surface area (TPSA) is 91.5 Å². The Morgan fingerprint density at radius 2 is 1.69 bits per heavy atom. The van der Waals surface area contributed by atoms with Gasteiger partial charge in [0.25, 0.3) is 0 Å². The van der Waals surface area contributed by atoms with E-state index < -0.39 is 5.97 Å². The second-order valence-electron chi connectivity index (χ2n) is 8.44. The van der Waals surface area contributed by atoms with Crippen molar-refractivity contribution in [2.24, 2.45) is 0 Å². The number of aliphatic carboxylic acids is 1. The highest BCUT2D eigenvalue weighted by atomic mass is 32.2. The van der Waals surface area contributed by atoms with E-state index in [1.807, 2.05) is 65.3 Å². The highest BCUT2D eigenvalue weighted by Crippen LogP contribution is 2.27. The molecule has 8 heteroatoms. The number of fused-ring (bicyclic) bond motifs is 1. The normalized spacial score (nSPS) is 10.9. The van der Waals surface area contributed by atoms with Crippen molar-refractivity contribution >= 4 is 40.8 Å². The Balaban J connectivity index is 1.31. The average molecular weight is 496 g/mol. The van der Waals surface area contributed by atoms with Crippen LogP contribution >= 0.6 is 11.9 Å². The predicted octanol–water partition coefficient (Wildman–Crippen LogP) is 6.58. The Hall–Kier alpha value is -4.30. The molecule has 2 heterocycles. The standard InChI is InChI=1S/C28H25N5O2S/c1-19-2-13-24(14-3-19)36-32-23-11-9-22(10-12-23)30-27-28-29-16-17-33(28)18-25(31-27)21-7-4-20(5-8-21)6-15-26(34)35/h2-5,7-14,16-18,32H,6,15H2,1H3,(H,30,31)(H,34,35). The molecule has 180 valence electrons. The summed E-state index contributed by atoms with van der Waals surface area (Å²) in [5.74, 6) is -0.141. The molecule has 0 radical (unpaired) electrons. The van der Waals surface area contributed by atoms with E-state index >= 15 is 0 Å². The largest absolute Gasteiger partial charge is 0.481 e. The van der Waals surface area contributed by atoms with Crippen LogP contribution in [0.3, 0.4) is 0 Å². The van der Waals surface area contributed by atoms with Gasteiger partial charge in [-0.3, -0.25) is 4.79 Å². The highest BCUT2D eigenvalue weighted by Gasteiger charge is 2.10. The number of aromatic nitrogens is 3. The van der Waals surface area contributed by atoms with Gasteiger partial charge in [-0.15, -0.1) is 0 Å². The van der Waals surface area contributed by atoms with Crippen LogP contribution in [0.25, 0.3) is 16.9 Å². The van der Waals surface area contributed by atoms with E-state index in [-0.39, 0.29) is 6.42 Å². The first-order chi connectivity index (χ1) is 17.5. The molecule has 0 saturated carbocycles. The van der Waals surface area contributed by atoms with Crippen LogP contribution in [-0.4, -0.2) is 25.4 Å². The Kier molecular flexibility index (Phi) is 6.86. The molecule has 0 spiro atoms. The van der Waals surface area contributed by atoms with E-state index in [1.165, 1.54) is 5.56 Å². The van der Waals surface area contributed by atoms with Crippen molar-refractivity contribution in [3.63, 3.8) is 0 Å². The summed E-state index contributed by atoms with van der Waals surface area (Å²) in [6, 6.07) is 24.3. The lowest BCUT2D eigenvalue weighted by Gasteiger charge is -2.11. The number of nitrogens with zero attached hydrogens (tertiary/aromatic N) is 3. The average Bonchev–Trinajstić information content (AvgIpc) is 3.37. The highest BCUT2D eigenvalue weighted by molar-refractivity contribution is 8.00. The van der Waals surface area contributed by atoms with Gasteiger partial charge in [-0.2, -0.15) is 0 Å². The van der Waals surface area contributed by atoms with Crippen LogP contribution in [0.2, 0.25) is 0 Å². The van der Waals surface area contributed by atoms with Gasteiger partial charge in [-0.1, -0.05) is 42.0 Å². The smallest absolute Gasteiger partial charge is 0.303 e. The third-order valence-corrected chi connectivity index (χ3v) is 6.55. The summed E-state index contributed by atoms with van der Waals surface area (Å²) in [4.78, 5) is 21.3. The minimum atomic E-state index is -0.796. The number of benzene rings is 3. The first kappa shape index (κ1) is 23.4. The number of carbonyl (C=O) groups is 1. The summed E-state index contributed by atoms with van der Waals surface area (Å²) in [6.07, 6.45) is 6.20. The Labute approximate surface area is 213 Å². The van der Waals surface area contributed by atoms with Crippen LogP contribution in [0.15, 0.2) is 96.3 Å². The lowest BCUT2D eigenvalue weighted by Crippen LogP contribution is -2.01. The summed E-state index contributed by atoms with van der Waals surface area (Å²) in [5, 5.41) is 12.3. The second-order valence-corrected chi connectivity index (χ2v) is 9.32. The van der Waals surface area contributed by atoms with Crippen molar-refractivity contribution in [2.45, 2.75) is 24.7 Å². The van der Waals surface area contributed by atoms with Crippen molar-refractivity contribution < 1.29 is 9.90 Å². The number of imidazole rings is 1. The molecule has 3 aromatic carbocycles. The minimum absolute atomic E-state index is 0.117. The van der Waals surface area contributed by atoms with Crippen LogP contribution in [0, 0.1) is 6.92 Å². The van der Waals surface area contributed by atoms with Crippen LogP contribution in [0.5, 0.6) is 0 Å². The molecule has 3 N–H and O–H groups in total. The number of anilines is 3. The number of hydrogen-bond acceptors (Lipinski definition) is 6. The van der Waals surface area contributed by atoms with E-state index in [2.05, 4.69) is 46.2 Å². The maximum absolute atomic E-state index is 10.8. The van der Waals surface area contributed by atoms with Crippen LogP contribution in [0.1, 0.15) is 17.5 Å². The number of aryl methyl sites for hydroxylation is 2. The lowest BCUT2D eigenvalue weighted by molar-refractivity contribution is -0.136. The third kappa shape index (κ3) is 5.67. The van der Waals surface area contributed by atoms with E-state index in [4.69, 9.17) is 10.1 Å². The first-order valence-corrected chi connectivity index (χ1v) is 12.4. The van der Waals surface area contributed by atoms with Gasteiger partial charge in [0.2, 0.25) is 0 Å². The molecule has 0 aliphatic carbocycles. The zero-order valence-electron chi connectivity index (χ0n) is 19.7. The fraction of sp³-hybridized carbons (Fsp3) is 0.107. The van der Waals surface area contributed by atoms with Gasteiger partial charge in [0.05, 0.1) is 5.69 Å². The summed E-state index contributed by atoms with van der Waals surface area (Å²) in [6.45, 7) is 2.08. The quantitative estimate of drug-likeness (QED) is 0.199. The summed E-state index contributed by atoms with van der Waals surface area (Å²) >= 11 is 1.57. The Morgan fingerprint density at radius 1 is 0.972 bits per heavy atom. The fourth-order valence-corrected chi connectivity index (χ4v) is 4.37. The van der Waals surface area contributed by atoms with E-state index in [1.54, 1.807) is 18.1 Å². The van der Waals surface area contributed by atoms with Gasteiger partial charge in [-0.05, 0) is 67.3 Å². The van der Waals surface area contributed by atoms with E-state index in [0.717, 1.165) is 38.7 Å². The molecule has 5 rings (SSSR count). The van der Waals surface area contributed by atoms with Gasteiger partial charge in [0.1, 0.15) is 0 Å². The third-order valence-electron chi connectivity index (χ3n) is 5.71. The molecule has 0 aliphatic rings. The van der Waals surface area contributed by atoms with E-state index in [0.29, 0.717) is 12.2 Å². The molecule has 2 aromatic heterocycles. The Bertz CT molecular complexity index is 1480. The van der Waals surface area contributed by atoms with Gasteiger partial charge in [0, 0.05) is 46.8 Å². The zero-order valence-corrected chi connectivity index (χ0v) is 20.5. The van der Waals surface area contributed by atoms with Crippen molar-refractivity contribution in [1.82, 2.24) is 14.4 Å². The molecule has 0 amide bonds. The van der Waals surface area contributed by atoms with Gasteiger partial charge in [0.15, 0.2) is 11.5 Å². The fourth-order valence-electron chi connectivity index (χ4n) is 3.73. The summed E-state index contributed by atoms with van der Waals surface area (Å²) in [7, 11) is 0. The molecular formula is C28H25N5O2S. The SMILES string of the molecule is Cc1ccc(SNc2ccc(Nc3nc(-c4ccc(CCC(=O)O)cc4)cn4ccnc34)cc2)cc1. The van der Waals surface area contributed by atoms with Crippen molar-refractivity contribution in [1.29, 1.82) is 0 Å². The molecule has 0 saturated heterocycles. The molecule has 5 aromatic rings. The summed E-state index contributed by atoms with van der Waals surface area (Å²) in [5.41, 5.74) is 6.60.